The number of carboxylic acids is 1. The third kappa shape index (κ3) is 4.10. The Kier molecular flexibility index (Phi) is 5.09. The maximum Gasteiger partial charge on any atom is 0.354 e. The quantitative estimate of drug-likeness (QED) is 0.484. The van der Waals surface area contributed by atoms with Gasteiger partial charge in [0.15, 0.2) is 5.69 Å². The van der Waals surface area contributed by atoms with Crippen molar-refractivity contribution >= 4 is 28.3 Å². The van der Waals surface area contributed by atoms with Gasteiger partial charge in [-0.3, -0.25) is 4.79 Å². The van der Waals surface area contributed by atoms with Gasteiger partial charge in [0.25, 0.3) is 5.91 Å². The number of nitrogens with zero attached hydrogens (tertiary/aromatic N) is 1. The molecular weight excluding hydrogens is 387 g/mol. The number of anilines is 1. The van der Waals surface area contributed by atoms with Gasteiger partial charge in [0, 0.05) is 23.5 Å². The minimum atomic E-state index is -1.14. The second kappa shape index (κ2) is 8.00. The molecule has 2 N–H and O–H groups in total. The van der Waals surface area contributed by atoms with Gasteiger partial charge < -0.3 is 15.2 Å². The highest BCUT2D eigenvalue weighted by atomic mass is 19.1. The molecule has 30 heavy (non-hydrogen) atoms. The summed E-state index contributed by atoms with van der Waals surface area (Å²) in [4.78, 5) is 27.5. The molecule has 0 radical (unpaired) electrons. The van der Waals surface area contributed by atoms with Gasteiger partial charge in [0.05, 0.1) is 0 Å². The van der Waals surface area contributed by atoms with Crippen LogP contribution in [0.15, 0.2) is 79.0 Å². The lowest BCUT2D eigenvalue weighted by Gasteiger charge is -2.10. The van der Waals surface area contributed by atoms with Gasteiger partial charge in [-0.1, -0.05) is 12.1 Å². The summed E-state index contributed by atoms with van der Waals surface area (Å²) in [6, 6.07) is 18.9. The van der Waals surface area contributed by atoms with Crippen molar-refractivity contribution in [2.24, 2.45) is 0 Å². The van der Waals surface area contributed by atoms with E-state index in [2.05, 4.69) is 10.3 Å². The van der Waals surface area contributed by atoms with Crippen LogP contribution in [-0.4, -0.2) is 22.0 Å². The molecule has 4 rings (SSSR count). The second-order valence-corrected chi connectivity index (χ2v) is 6.43. The van der Waals surface area contributed by atoms with E-state index in [1.54, 1.807) is 36.4 Å². The highest BCUT2D eigenvalue weighted by Crippen LogP contribution is 2.28. The zero-order valence-electron chi connectivity index (χ0n) is 15.5. The molecule has 0 aliphatic rings. The molecule has 0 saturated carbocycles. The van der Waals surface area contributed by atoms with Crippen LogP contribution in [0.3, 0.4) is 0 Å². The van der Waals surface area contributed by atoms with E-state index in [1.807, 2.05) is 6.07 Å². The number of hydrogen-bond donors (Lipinski definition) is 2. The predicted molar refractivity (Wildman–Crippen MR) is 110 cm³/mol. The SMILES string of the molecule is O=C(O)c1cc(Oc2ccc3c(C(=O)Nc4ccc(F)cc4)cccc3c2)ccn1. The summed E-state index contributed by atoms with van der Waals surface area (Å²) in [5.41, 5.74) is 0.832. The molecule has 3 aromatic carbocycles. The van der Waals surface area contributed by atoms with Crippen molar-refractivity contribution < 1.29 is 23.8 Å². The summed E-state index contributed by atoms with van der Waals surface area (Å²) in [5, 5.41) is 13.3. The molecule has 0 atom stereocenters. The first-order valence-electron chi connectivity index (χ1n) is 8.96. The van der Waals surface area contributed by atoms with Crippen molar-refractivity contribution in [3.63, 3.8) is 0 Å². The van der Waals surface area contributed by atoms with Crippen LogP contribution < -0.4 is 10.1 Å². The van der Waals surface area contributed by atoms with Crippen molar-refractivity contribution in [2.75, 3.05) is 5.32 Å². The number of carbonyl (C=O) groups excluding carboxylic acids is 1. The van der Waals surface area contributed by atoms with Crippen LogP contribution in [-0.2, 0) is 0 Å². The molecule has 0 aliphatic heterocycles. The zero-order chi connectivity index (χ0) is 21.1. The molecular formula is C23H15FN2O4. The van der Waals surface area contributed by atoms with Crippen LogP contribution in [0.1, 0.15) is 20.8 Å². The third-order valence-corrected chi connectivity index (χ3v) is 4.38. The van der Waals surface area contributed by atoms with Gasteiger partial charge >= 0.3 is 5.97 Å². The summed E-state index contributed by atoms with van der Waals surface area (Å²) >= 11 is 0. The lowest BCUT2D eigenvalue weighted by Crippen LogP contribution is -2.12. The number of aromatic carboxylic acids is 1. The third-order valence-electron chi connectivity index (χ3n) is 4.38. The molecule has 1 amide bonds. The Labute approximate surface area is 170 Å². The Morgan fingerprint density at radius 1 is 0.933 bits per heavy atom. The fourth-order valence-electron chi connectivity index (χ4n) is 2.98. The van der Waals surface area contributed by atoms with Crippen LogP contribution in [0, 0.1) is 5.82 Å². The molecule has 148 valence electrons. The normalized spacial score (nSPS) is 10.6. The Morgan fingerprint density at radius 3 is 2.47 bits per heavy atom. The molecule has 7 heteroatoms. The van der Waals surface area contributed by atoms with Crippen LogP contribution in [0.4, 0.5) is 10.1 Å². The highest BCUT2D eigenvalue weighted by molar-refractivity contribution is 6.13. The number of hydrogen-bond acceptors (Lipinski definition) is 4. The highest BCUT2D eigenvalue weighted by Gasteiger charge is 2.12. The Balaban J connectivity index is 1.60. The van der Waals surface area contributed by atoms with Gasteiger partial charge in [-0.05, 0) is 65.4 Å². The van der Waals surface area contributed by atoms with Crippen molar-refractivity contribution in [2.45, 2.75) is 0 Å². The van der Waals surface area contributed by atoms with E-state index in [9.17, 15) is 14.0 Å². The second-order valence-electron chi connectivity index (χ2n) is 6.43. The molecule has 1 aromatic heterocycles. The molecule has 0 fully saturated rings. The first-order valence-corrected chi connectivity index (χ1v) is 8.96. The van der Waals surface area contributed by atoms with Crippen LogP contribution in [0.5, 0.6) is 11.5 Å². The standard InChI is InChI=1S/C23H15FN2O4/c24-15-4-6-16(7-5-15)26-22(27)20-3-1-2-14-12-17(8-9-19(14)20)30-18-10-11-25-21(13-18)23(28)29/h1-13H,(H,26,27)(H,28,29). The zero-order valence-corrected chi connectivity index (χ0v) is 15.5. The van der Waals surface area contributed by atoms with Gasteiger partial charge in [0.1, 0.15) is 17.3 Å². The summed E-state index contributed by atoms with van der Waals surface area (Å²) < 4.78 is 18.8. The number of fused-ring (bicyclic) bond motifs is 1. The first kappa shape index (κ1) is 19.1. The Bertz CT molecular complexity index is 1260. The maximum absolute atomic E-state index is 13.1. The van der Waals surface area contributed by atoms with Crippen molar-refractivity contribution in [3.8, 4) is 11.5 Å². The number of aromatic nitrogens is 1. The summed E-state index contributed by atoms with van der Waals surface area (Å²) in [7, 11) is 0. The van der Waals surface area contributed by atoms with Crippen molar-refractivity contribution in [3.05, 3.63) is 96.1 Å². The molecule has 0 spiro atoms. The van der Waals surface area contributed by atoms with Crippen LogP contribution in [0.25, 0.3) is 10.8 Å². The van der Waals surface area contributed by atoms with Crippen molar-refractivity contribution in [1.29, 1.82) is 0 Å². The van der Waals surface area contributed by atoms with Gasteiger partial charge in [-0.2, -0.15) is 0 Å². The van der Waals surface area contributed by atoms with Crippen LogP contribution >= 0.6 is 0 Å². The smallest absolute Gasteiger partial charge is 0.354 e. The van der Waals surface area contributed by atoms with E-state index in [-0.39, 0.29) is 17.4 Å². The number of nitrogens with one attached hydrogen (secondary N) is 1. The van der Waals surface area contributed by atoms with E-state index in [0.29, 0.717) is 28.1 Å². The van der Waals surface area contributed by atoms with Gasteiger partial charge in [-0.15, -0.1) is 0 Å². The fourth-order valence-corrected chi connectivity index (χ4v) is 2.98. The minimum Gasteiger partial charge on any atom is -0.477 e. The van der Waals surface area contributed by atoms with Crippen LogP contribution in [0.2, 0.25) is 0 Å². The molecule has 4 aromatic rings. The molecule has 6 nitrogen and oxygen atoms in total. The molecule has 0 saturated heterocycles. The predicted octanol–water partition coefficient (Wildman–Crippen LogP) is 5.12. The number of rotatable bonds is 5. The van der Waals surface area contributed by atoms with Crippen molar-refractivity contribution in [1.82, 2.24) is 4.98 Å². The maximum atomic E-state index is 13.1. The Hall–Kier alpha value is -4.26. The molecule has 0 aliphatic carbocycles. The Morgan fingerprint density at radius 2 is 1.70 bits per heavy atom. The number of ether oxygens (including phenoxy) is 1. The number of pyridine rings is 1. The van der Waals surface area contributed by atoms with E-state index >= 15 is 0 Å². The van der Waals surface area contributed by atoms with Gasteiger partial charge in [0.2, 0.25) is 0 Å². The summed E-state index contributed by atoms with van der Waals surface area (Å²) in [6.07, 6.45) is 1.36. The van der Waals surface area contributed by atoms with E-state index in [4.69, 9.17) is 9.84 Å². The van der Waals surface area contributed by atoms with E-state index in [0.717, 1.165) is 5.39 Å². The average Bonchev–Trinajstić information content (AvgIpc) is 2.75. The number of carbonyl (C=O) groups is 2. The lowest BCUT2D eigenvalue weighted by atomic mass is 10.0. The molecule has 0 unspecified atom stereocenters. The number of benzene rings is 3. The summed E-state index contributed by atoms with van der Waals surface area (Å²) in [5.74, 6) is -1.01. The van der Waals surface area contributed by atoms with Gasteiger partial charge in [-0.25, -0.2) is 14.2 Å². The molecule has 1 heterocycles. The van der Waals surface area contributed by atoms with E-state index < -0.39 is 5.97 Å². The summed E-state index contributed by atoms with van der Waals surface area (Å²) in [6.45, 7) is 0. The fraction of sp³-hybridized carbons (Fsp3) is 0. The average molecular weight is 402 g/mol. The lowest BCUT2D eigenvalue weighted by molar-refractivity contribution is 0.0690. The number of amides is 1. The molecule has 0 bridgehead atoms. The minimum absolute atomic E-state index is 0.118. The monoisotopic (exact) mass is 402 g/mol. The topological polar surface area (TPSA) is 88.5 Å². The number of halogens is 1. The number of carboxylic acid groups (broad SMARTS) is 1. The first-order chi connectivity index (χ1) is 14.5. The largest absolute Gasteiger partial charge is 0.477 e. The van der Waals surface area contributed by atoms with E-state index in [1.165, 1.54) is 36.5 Å².